The molecule has 0 fully saturated rings. The molecule has 0 aliphatic heterocycles. The van der Waals surface area contributed by atoms with Crippen molar-refractivity contribution in [2.75, 3.05) is 5.32 Å². The fourth-order valence-corrected chi connectivity index (χ4v) is 1.09. The molecular weight excluding hydrogens is 227 g/mol. The maximum Gasteiger partial charge on any atom is 0.416 e. The van der Waals surface area contributed by atoms with E-state index in [2.05, 4.69) is 5.32 Å². The van der Waals surface area contributed by atoms with Gasteiger partial charge in [-0.3, -0.25) is 0 Å². The van der Waals surface area contributed by atoms with E-state index in [0.29, 0.717) is 5.69 Å². The van der Waals surface area contributed by atoms with Gasteiger partial charge in [-0.1, -0.05) is 0 Å². The van der Waals surface area contributed by atoms with Crippen molar-refractivity contribution in [1.29, 1.82) is 0 Å². The van der Waals surface area contributed by atoms with Crippen LogP contribution in [0.1, 0.15) is 19.4 Å². The molecule has 0 amide bonds. The summed E-state index contributed by atoms with van der Waals surface area (Å²) in [6.07, 6.45) is -4.25. The van der Waals surface area contributed by atoms with E-state index < -0.39 is 11.7 Å². The van der Waals surface area contributed by atoms with E-state index in [0.717, 1.165) is 12.1 Å². The number of alkyl halides is 3. The van der Waals surface area contributed by atoms with Gasteiger partial charge in [-0.2, -0.15) is 13.2 Å². The lowest BCUT2D eigenvalue weighted by Gasteiger charge is -2.11. The summed E-state index contributed by atoms with van der Waals surface area (Å²) in [5, 5.41) is 3.02. The molecule has 0 bridgehead atoms. The third-order valence-electron chi connectivity index (χ3n) is 1.67. The van der Waals surface area contributed by atoms with Crippen LogP contribution in [0.2, 0.25) is 0 Å². The van der Waals surface area contributed by atoms with E-state index >= 15 is 0 Å². The van der Waals surface area contributed by atoms with E-state index in [1.54, 1.807) is 0 Å². The maximum atomic E-state index is 12.2. The van der Waals surface area contributed by atoms with E-state index in [-0.39, 0.29) is 18.4 Å². The zero-order valence-electron chi connectivity index (χ0n) is 8.43. The van der Waals surface area contributed by atoms with Crippen molar-refractivity contribution in [3.63, 3.8) is 0 Å². The number of rotatable bonds is 2. The Balaban J connectivity index is 0.00000196. The summed E-state index contributed by atoms with van der Waals surface area (Å²) in [5.41, 5.74) is 0.0832. The Morgan fingerprint density at radius 3 is 1.87 bits per heavy atom. The molecule has 0 saturated heterocycles. The number of nitrogens with one attached hydrogen (secondary N) is 1. The van der Waals surface area contributed by atoms with E-state index in [1.807, 2.05) is 13.8 Å². The first-order valence-corrected chi connectivity index (χ1v) is 4.33. The second-order valence-electron chi connectivity index (χ2n) is 3.37. The Labute approximate surface area is 93.1 Å². The van der Waals surface area contributed by atoms with Crippen LogP contribution in [0.25, 0.3) is 0 Å². The summed E-state index contributed by atoms with van der Waals surface area (Å²) in [5.74, 6) is 0. The van der Waals surface area contributed by atoms with Crippen LogP contribution < -0.4 is 5.32 Å². The fourth-order valence-electron chi connectivity index (χ4n) is 1.09. The lowest BCUT2D eigenvalue weighted by molar-refractivity contribution is -0.137. The zero-order valence-corrected chi connectivity index (χ0v) is 9.25. The first kappa shape index (κ1) is 14.1. The minimum absolute atomic E-state index is 0. The van der Waals surface area contributed by atoms with Crippen LogP contribution in [0.15, 0.2) is 24.3 Å². The van der Waals surface area contributed by atoms with Crippen molar-refractivity contribution in [2.24, 2.45) is 0 Å². The maximum absolute atomic E-state index is 12.2. The zero-order chi connectivity index (χ0) is 10.8. The Bertz CT molecular complexity index is 293. The largest absolute Gasteiger partial charge is 0.416 e. The van der Waals surface area contributed by atoms with Gasteiger partial charge < -0.3 is 5.32 Å². The third-order valence-corrected chi connectivity index (χ3v) is 1.67. The highest BCUT2D eigenvalue weighted by molar-refractivity contribution is 5.85. The van der Waals surface area contributed by atoms with Gasteiger partial charge in [-0.15, -0.1) is 12.4 Å². The van der Waals surface area contributed by atoms with Gasteiger partial charge in [0, 0.05) is 11.7 Å². The lowest BCUT2D eigenvalue weighted by atomic mass is 10.2. The Hall–Kier alpha value is -0.900. The molecule has 0 atom stereocenters. The van der Waals surface area contributed by atoms with Gasteiger partial charge in [-0.25, -0.2) is 0 Å². The molecule has 0 saturated carbocycles. The molecule has 1 aromatic carbocycles. The molecule has 0 radical (unpaired) electrons. The second-order valence-corrected chi connectivity index (χ2v) is 3.37. The van der Waals surface area contributed by atoms with E-state index in [9.17, 15) is 13.2 Å². The summed E-state index contributed by atoms with van der Waals surface area (Å²) >= 11 is 0. The topological polar surface area (TPSA) is 12.0 Å². The summed E-state index contributed by atoms with van der Waals surface area (Å²) in [7, 11) is 0. The molecule has 0 aliphatic rings. The second kappa shape index (κ2) is 5.26. The molecule has 0 aliphatic carbocycles. The predicted octanol–water partition coefficient (Wildman–Crippen LogP) is 3.95. The molecule has 15 heavy (non-hydrogen) atoms. The van der Waals surface area contributed by atoms with Crippen molar-refractivity contribution in [3.05, 3.63) is 29.8 Å². The molecule has 1 aromatic rings. The average molecular weight is 240 g/mol. The first-order valence-electron chi connectivity index (χ1n) is 4.33. The highest BCUT2D eigenvalue weighted by Crippen LogP contribution is 2.29. The lowest BCUT2D eigenvalue weighted by Crippen LogP contribution is -2.10. The fraction of sp³-hybridized carbons (Fsp3) is 0.400. The summed E-state index contributed by atoms with van der Waals surface area (Å²) in [6, 6.07) is 5.23. The minimum Gasteiger partial charge on any atom is -0.383 e. The quantitative estimate of drug-likeness (QED) is 0.824. The number of hydrogen-bond acceptors (Lipinski definition) is 1. The Morgan fingerprint density at radius 2 is 1.53 bits per heavy atom. The predicted molar refractivity (Wildman–Crippen MR) is 57.5 cm³/mol. The van der Waals surface area contributed by atoms with Crippen molar-refractivity contribution in [3.8, 4) is 0 Å². The van der Waals surface area contributed by atoms with Crippen molar-refractivity contribution in [1.82, 2.24) is 0 Å². The molecule has 1 N–H and O–H groups in total. The Kier molecular flexibility index (Phi) is 4.94. The molecule has 86 valence electrons. The Morgan fingerprint density at radius 1 is 1.07 bits per heavy atom. The number of halogens is 4. The van der Waals surface area contributed by atoms with Gasteiger partial charge in [0.2, 0.25) is 0 Å². The molecule has 1 nitrogen and oxygen atoms in total. The molecular formula is C10H13ClF3N. The number of hydrogen-bond donors (Lipinski definition) is 1. The van der Waals surface area contributed by atoms with Gasteiger partial charge in [0.1, 0.15) is 0 Å². The van der Waals surface area contributed by atoms with Crippen molar-refractivity contribution in [2.45, 2.75) is 26.1 Å². The summed E-state index contributed by atoms with van der Waals surface area (Å²) in [4.78, 5) is 0. The molecule has 0 spiro atoms. The summed E-state index contributed by atoms with van der Waals surface area (Å²) in [6.45, 7) is 3.86. The molecule has 0 heterocycles. The van der Waals surface area contributed by atoms with Crippen LogP contribution in [0, 0.1) is 0 Å². The van der Waals surface area contributed by atoms with Crippen molar-refractivity contribution < 1.29 is 13.2 Å². The SMILES string of the molecule is CC(C)Nc1ccc(C(F)(F)F)cc1.Cl. The minimum atomic E-state index is -4.25. The van der Waals surface area contributed by atoms with Crippen LogP contribution in [-0.2, 0) is 6.18 Å². The normalized spacial score (nSPS) is 11.1. The van der Waals surface area contributed by atoms with Crippen molar-refractivity contribution >= 4 is 18.1 Å². The molecule has 5 heteroatoms. The highest BCUT2D eigenvalue weighted by atomic mass is 35.5. The van der Waals surface area contributed by atoms with Crippen LogP contribution >= 0.6 is 12.4 Å². The van der Waals surface area contributed by atoms with E-state index in [4.69, 9.17) is 0 Å². The van der Waals surface area contributed by atoms with E-state index in [1.165, 1.54) is 12.1 Å². The summed E-state index contributed by atoms with van der Waals surface area (Å²) < 4.78 is 36.5. The van der Waals surface area contributed by atoms with Gasteiger partial charge in [0.15, 0.2) is 0 Å². The van der Waals surface area contributed by atoms with Gasteiger partial charge in [0.25, 0.3) is 0 Å². The number of anilines is 1. The van der Waals surface area contributed by atoms with Gasteiger partial charge in [-0.05, 0) is 38.1 Å². The molecule has 1 rings (SSSR count). The van der Waals surface area contributed by atoms with Crippen LogP contribution in [0.4, 0.5) is 18.9 Å². The average Bonchev–Trinajstić information content (AvgIpc) is 2.02. The highest BCUT2D eigenvalue weighted by Gasteiger charge is 2.29. The first-order chi connectivity index (χ1) is 6.39. The smallest absolute Gasteiger partial charge is 0.383 e. The molecule has 0 unspecified atom stereocenters. The number of benzene rings is 1. The van der Waals surface area contributed by atoms with Gasteiger partial charge in [0.05, 0.1) is 5.56 Å². The van der Waals surface area contributed by atoms with Crippen LogP contribution in [0.3, 0.4) is 0 Å². The third kappa shape index (κ3) is 4.42. The van der Waals surface area contributed by atoms with Gasteiger partial charge >= 0.3 is 6.18 Å². The standard InChI is InChI=1S/C10H12F3N.ClH/c1-7(2)14-9-5-3-8(4-6-9)10(11,12)13;/h3-7,14H,1-2H3;1H. The monoisotopic (exact) mass is 239 g/mol. The van der Waals surface area contributed by atoms with Crippen LogP contribution in [0.5, 0.6) is 0 Å². The molecule has 0 aromatic heterocycles. The van der Waals surface area contributed by atoms with Crippen LogP contribution in [-0.4, -0.2) is 6.04 Å².